The van der Waals surface area contributed by atoms with Crippen molar-refractivity contribution < 1.29 is 14.1 Å². The van der Waals surface area contributed by atoms with Gasteiger partial charge in [-0.05, 0) is 48.6 Å². The standard InChI is InChI=1S/C25H30N4O3/c1-17(2)16-29(11-9-24(30)27-15-20-6-5-10-26-14-20)25(31)22-13-23(32-28-22)21-8-7-18(3)19(4)12-21/h5-8,10,12-14,17H,9,11,15-16H2,1-4H3,(H,27,30). The fourth-order valence-corrected chi connectivity index (χ4v) is 3.31. The van der Waals surface area contributed by atoms with Crippen LogP contribution in [-0.4, -0.2) is 39.9 Å². The molecule has 1 aromatic carbocycles. The van der Waals surface area contributed by atoms with E-state index in [0.29, 0.717) is 25.4 Å². The van der Waals surface area contributed by atoms with E-state index in [2.05, 4.69) is 15.5 Å². The third-order valence-electron chi connectivity index (χ3n) is 5.21. The van der Waals surface area contributed by atoms with Crippen LogP contribution in [0.3, 0.4) is 0 Å². The Balaban J connectivity index is 1.63. The number of nitrogens with zero attached hydrogens (tertiary/aromatic N) is 3. The number of carbonyl (C=O) groups is 2. The summed E-state index contributed by atoms with van der Waals surface area (Å²) in [7, 11) is 0. The molecule has 7 heteroatoms. The largest absolute Gasteiger partial charge is 0.355 e. The monoisotopic (exact) mass is 434 g/mol. The zero-order valence-corrected chi connectivity index (χ0v) is 19.1. The number of aromatic nitrogens is 2. The number of hydrogen-bond donors (Lipinski definition) is 1. The van der Waals surface area contributed by atoms with E-state index in [9.17, 15) is 9.59 Å². The van der Waals surface area contributed by atoms with Gasteiger partial charge in [-0.15, -0.1) is 0 Å². The molecule has 2 aromatic heterocycles. The molecule has 3 rings (SSSR count). The van der Waals surface area contributed by atoms with Crippen LogP contribution < -0.4 is 5.32 Å². The van der Waals surface area contributed by atoms with Crippen LogP contribution in [0.1, 0.15) is 47.4 Å². The molecule has 0 spiro atoms. The summed E-state index contributed by atoms with van der Waals surface area (Å²) in [6.45, 7) is 9.39. The maximum Gasteiger partial charge on any atom is 0.276 e. The average molecular weight is 435 g/mol. The van der Waals surface area contributed by atoms with Crippen LogP contribution in [0.5, 0.6) is 0 Å². The van der Waals surface area contributed by atoms with E-state index in [4.69, 9.17) is 4.52 Å². The zero-order chi connectivity index (χ0) is 23.1. The smallest absolute Gasteiger partial charge is 0.276 e. The highest BCUT2D eigenvalue weighted by molar-refractivity contribution is 5.93. The second-order valence-electron chi connectivity index (χ2n) is 8.41. The van der Waals surface area contributed by atoms with Gasteiger partial charge < -0.3 is 14.7 Å². The van der Waals surface area contributed by atoms with Gasteiger partial charge in [-0.2, -0.15) is 0 Å². The minimum absolute atomic E-state index is 0.119. The molecule has 0 atom stereocenters. The summed E-state index contributed by atoms with van der Waals surface area (Å²) in [6.07, 6.45) is 3.61. The summed E-state index contributed by atoms with van der Waals surface area (Å²) in [4.78, 5) is 31.1. The Morgan fingerprint density at radius 3 is 2.62 bits per heavy atom. The molecule has 2 heterocycles. The molecule has 0 saturated heterocycles. The molecule has 0 aliphatic rings. The molecule has 2 amide bonds. The molecule has 0 aliphatic heterocycles. The van der Waals surface area contributed by atoms with Crippen molar-refractivity contribution in [1.29, 1.82) is 0 Å². The van der Waals surface area contributed by atoms with Gasteiger partial charge in [0.05, 0.1) is 0 Å². The molecular weight excluding hydrogens is 404 g/mol. The maximum absolute atomic E-state index is 13.1. The first-order chi connectivity index (χ1) is 15.3. The lowest BCUT2D eigenvalue weighted by molar-refractivity contribution is -0.121. The number of hydrogen-bond acceptors (Lipinski definition) is 5. The fourth-order valence-electron chi connectivity index (χ4n) is 3.31. The van der Waals surface area contributed by atoms with Gasteiger partial charge in [0.2, 0.25) is 5.91 Å². The van der Waals surface area contributed by atoms with Crippen molar-refractivity contribution in [2.45, 2.75) is 40.7 Å². The van der Waals surface area contributed by atoms with Crippen LogP contribution in [0.4, 0.5) is 0 Å². The van der Waals surface area contributed by atoms with Crippen LogP contribution in [0.2, 0.25) is 0 Å². The second-order valence-corrected chi connectivity index (χ2v) is 8.41. The van der Waals surface area contributed by atoms with Crippen molar-refractivity contribution in [2.75, 3.05) is 13.1 Å². The first kappa shape index (κ1) is 23.2. The van der Waals surface area contributed by atoms with E-state index in [1.54, 1.807) is 23.4 Å². The molecule has 0 fully saturated rings. The number of pyridine rings is 1. The first-order valence-corrected chi connectivity index (χ1v) is 10.8. The summed E-state index contributed by atoms with van der Waals surface area (Å²) >= 11 is 0. The third kappa shape index (κ3) is 6.26. The van der Waals surface area contributed by atoms with E-state index in [0.717, 1.165) is 16.7 Å². The van der Waals surface area contributed by atoms with Gasteiger partial charge in [-0.3, -0.25) is 14.6 Å². The fraction of sp³-hybridized carbons (Fsp3) is 0.360. The van der Waals surface area contributed by atoms with Gasteiger partial charge in [-0.1, -0.05) is 37.2 Å². The van der Waals surface area contributed by atoms with Crippen LogP contribution in [0, 0.1) is 19.8 Å². The summed E-state index contributed by atoms with van der Waals surface area (Å²) in [6, 6.07) is 11.4. The van der Waals surface area contributed by atoms with Gasteiger partial charge in [-0.25, -0.2) is 0 Å². The molecule has 32 heavy (non-hydrogen) atoms. The Morgan fingerprint density at radius 1 is 1.12 bits per heavy atom. The van der Waals surface area contributed by atoms with Crippen LogP contribution in [0.15, 0.2) is 53.3 Å². The summed E-state index contributed by atoms with van der Waals surface area (Å²) in [5.74, 6) is 0.447. The van der Waals surface area contributed by atoms with Crippen molar-refractivity contribution in [2.24, 2.45) is 5.92 Å². The lowest BCUT2D eigenvalue weighted by Gasteiger charge is -2.23. The summed E-state index contributed by atoms with van der Waals surface area (Å²) in [5, 5.41) is 6.87. The van der Waals surface area contributed by atoms with Gasteiger partial charge in [0.15, 0.2) is 11.5 Å². The Bertz CT molecular complexity index is 1060. The van der Waals surface area contributed by atoms with E-state index in [-0.39, 0.29) is 29.8 Å². The number of nitrogens with one attached hydrogen (secondary N) is 1. The molecule has 3 aromatic rings. The number of amides is 2. The molecule has 7 nitrogen and oxygen atoms in total. The predicted molar refractivity (Wildman–Crippen MR) is 123 cm³/mol. The lowest BCUT2D eigenvalue weighted by Crippen LogP contribution is -2.37. The highest BCUT2D eigenvalue weighted by Gasteiger charge is 2.22. The quantitative estimate of drug-likeness (QED) is 0.546. The minimum Gasteiger partial charge on any atom is -0.355 e. The number of rotatable bonds is 9. The maximum atomic E-state index is 13.1. The lowest BCUT2D eigenvalue weighted by atomic mass is 10.0. The Kier molecular flexibility index (Phi) is 7.76. The van der Waals surface area contributed by atoms with E-state index in [1.165, 1.54) is 5.56 Å². The SMILES string of the molecule is Cc1ccc(-c2cc(C(=O)N(CCC(=O)NCc3cccnc3)CC(C)C)no2)cc1C. The van der Waals surface area contributed by atoms with Crippen molar-refractivity contribution >= 4 is 11.8 Å². The van der Waals surface area contributed by atoms with Gasteiger partial charge >= 0.3 is 0 Å². The second kappa shape index (κ2) is 10.7. The molecule has 0 unspecified atom stereocenters. The van der Waals surface area contributed by atoms with Crippen LogP contribution in [0.25, 0.3) is 11.3 Å². The van der Waals surface area contributed by atoms with Crippen molar-refractivity contribution in [3.05, 3.63) is 71.2 Å². The number of aryl methyl sites for hydroxylation is 2. The molecule has 0 aliphatic carbocycles. The normalized spacial score (nSPS) is 10.9. The van der Waals surface area contributed by atoms with E-state index >= 15 is 0 Å². The first-order valence-electron chi connectivity index (χ1n) is 10.8. The molecule has 0 bridgehead atoms. The minimum atomic E-state index is -0.238. The van der Waals surface area contributed by atoms with Crippen molar-refractivity contribution in [3.63, 3.8) is 0 Å². The van der Waals surface area contributed by atoms with Gasteiger partial charge in [0, 0.05) is 50.1 Å². The molecule has 1 N–H and O–H groups in total. The van der Waals surface area contributed by atoms with Crippen molar-refractivity contribution in [1.82, 2.24) is 20.4 Å². The average Bonchev–Trinajstić information content (AvgIpc) is 3.27. The topological polar surface area (TPSA) is 88.3 Å². The Morgan fingerprint density at radius 2 is 1.94 bits per heavy atom. The summed E-state index contributed by atoms with van der Waals surface area (Å²) < 4.78 is 5.45. The molecule has 0 saturated carbocycles. The van der Waals surface area contributed by atoms with E-state index in [1.807, 2.05) is 58.0 Å². The van der Waals surface area contributed by atoms with Crippen LogP contribution >= 0.6 is 0 Å². The van der Waals surface area contributed by atoms with E-state index < -0.39 is 0 Å². The van der Waals surface area contributed by atoms with Gasteiger partial charge in [0.1, 0.15) is 0 Å². The van der Waals surface area contributed by atoms with Crippen molar-refractivity contribution in [3.8, 4) is 11.3 Å². The molecule has 168 valence electrons. The number of benzene rings is 1. The van der Waals surface area contributed by atoms with Gasteiger partial charge in [0.25, 0.3) is 5.91 Å². The number of carbonyl (C=O) groups excluding carboxylic acids is 2. The van der Waals surface area contributed by atoms with Crippen LogP contribution in [-0.2, 0) is 11.3 Å². The Hall–Kier alpha value is -3.48. The summed E-state index contributed by atoms with van der Waals surface area (Å²) in [5.41, 5.74) is 4.39. The highest BCUT2D eigenvalue weighted by atomic mass is 16.5. The molecular formula is C25H30N4O3. The third-order valence-corrected chi connectivity index (χ3v) is 5.21. The predicted octanol–water partition coefficient (Wildman–Crippen LogP) is 4.16. The highest BCUT2D eigenvalue weighted by Crippen LogP contribution is 2.23. The molecule has 0 radical (unpaired) electrons. The zero-order valence-electron chi connectivity index (χ0n) is 19.1. The Labute approximate surface area is 188 Å².